The molecule has 0 unspecified atom stereocenters. The molecule has 160 valence electrons. The largest absolute Gasteiger partial charge is 0.364 e. The van der Waals surface area contributed by atoms with Crippen LogP contribution in [0.5, 0.6) is 0 Å². The molecular weight excluding hydrogens is 380 g/mol. The van der Waals surface area contributed by atoms with Crippen LogP contribution in [0.3, 0.4) is 0 Å². The maximum absolute atomic E-state index is 12.0. The Bertz CT molecular complexity index is 926. The Balaban J connectivity index is 1.75. The Morgan fingerprint density at radius 3 is 2.67 bits per heavy atom. The van der Waals surface area contributed by atoms with E-state index >= 15 is 0 Å². The van der Waals surface area contributed by atoms with Crippen molar-refractivity contribution in [2.45, 2.75) is 51.5 Å². The average molecular weight is 411 g/mol. The Morgan fingerprint density at radius 2 is 2.03 bits per heavy atom. The number of amides is 2. The first-order valence-corrected chi connectivity index (χ1v) is 10.4. The summed E-state index contributed by atoms with van der Waals surface area (Å²) < 4.78 is 0. The second-order valence-corrected chi connectivity index (χ2v) is 7.62. The number of hydrogen-bond acceptors (Lipinski definition) is 6. The van der Waals surface area contributed by atoms with E-state index in [1.807, 2.05) is 38.1 Å². The van der Waals surface area contributed by atoms with Crippen LogP contribution in [-0.2, 0) is 17.6 Å². The summed E-state index contributed by atoms with van der Waals surface area (Å²) in [6, 6.07) is 7.58. The molecular formula is C22H30N6O2. The third kappa shape index (κ3) is 5.33. The van der Waals surface area contributed by atoms with E-state index in [0.717, 1.165) is 35.5 Å². The van der Waals surface area contributed by atoms with Crippen molar-refractivity contribution in [2.24, 2.45) is 5.73 Å². The molecule has 8 heteroatoms. The molecule has 1 fully saturated rings. The minimum atomic E-state index is -0.598. The number of nitrogens with two attached hydrogens (primary N) is 1. The van der Waals surface area contributed by atoms with Gasteiger partial charge in [-0.15, -0.1) is 0 Å². The second-order valence-electron chi connectivity index (χ2n) is 7.62. The molecule has 8 nitrogen and oxygen atoms in total. The summed E-state index contributed by atoms with van der Waals surface area (Å²) in [6.07, 6.45) is 3.61. The van der Waals surface area contributed by atoms with Crippen LogP contribution in [0.15, 0.2) is 24.3 Å². The van der Waals surface area contributed by atoms with Crippen molar-refractivity contribution >= 4 is 23.3 Å². The first-order chi connectivity index (χ1) is 14.4. The van der Waals surface area contributed by atoms with Gasteiger partial charge in [0.15, 0.2) is 11.5 Å². The lowest BCUT2D eigenvalue weighted by molar-refractivity contribution is -0.122. The average Bonchev–Trinajstić information content (AvgIpc) is 3.58. The predicted octanol–water partition coefficient (Wildman–Crippen LogP) is 2.03. The number of hydrogen-bond donors (Lipinski definition) is 4. The zero-order valence-corrected chi connectivity index (χ0v) is 17.8. The van der Waals surface area contributed by atoms with Crippen molar-refractivity contribution in [2.75, 3.05) is 18.9 Å². The van der Waals surface area contributed by atoms with Gasteiger partial charge in [0.2, 0.25) is 5.91 Å². The highest BCUT2D eigenvalue weighted by Gasteiger charge is 2.30. The minimum absolute atomic E-state index is 0.0308. The van der Waals surface area contributed by atoms with E-state index in [1.54, 1.807) is 7.05 Å². The molecule has 30 heavy (non-hydrogen) atoms. The van der Waals surface area contributed by atoms with Crippen molar-refractivity contribution in [1.82, 2.24) is 20.6 Å². The fourth-order valence-corrected chi connectivity index (χ4v) is 3.24. The molecule has 2 amide bonds. The number of anilines is 2. The summed E-state index contributed by atoms with van der Waals surface area (Å²) in [6.45, 7) is 4.36. The van der Waals surface area contributed by atoms with E-state index in [1.165, 1.54) is 0 Å². The van der Waals surface area contributed by atoms with Gasteiger partial charge in [0.25, 0.3) is 5.91 Å². The van der Waals surface area contributed by atoms with Crippen LogP contribution in [0.25, 0.3) is 0 Å². The maximum atomic E-state index is 12.0. The Morgan fingerprint density at radius 1 is 1.27 bits per heavy atom. The van der Waals surface area contributed by atoms with Gasteiger partial charge in [0, 0.05) is 18.2 Å². The van der Waals surface area contributed by atoms with E-state index < -0.39 is 5.91 Å². The smallest absolute Gasteiger partial charge is 0.271 e. The monoisotopic (exact) mass is 410 g/mol. The van der Waals surface area contributed by atoms with E-state index in [-0.39, 0.29) is 17.6 Å². The standard InChI is InChI=1S/C22H30N6O2/c1-4-17-18(15-8-9-15)28-21(19(27-17)20(23)29)26-16-7-5-6-14(12-16)10-11-25-22(30)13(2)24-3/h5-7,12-13,15,24H,4,8-11H2,1-3H3,(H2,23,29)(H,25,30)(H,26,28)/t13-/m0/s1. The van der Waals surface area contributed by atoms with E-state index in [2.05, 4.69) is 20.9 Å². The quantitative estimate of drug-likeness (QED) is 0.475. The van der Waals surface area contributed by atoms with Gasteiger partial charge in [0.05, 0.1) is 17.4 Å². The van der Waals surface area contributed by atoms with Crippen LogP contribution in [0, 0.1) is 0 Å². The highest BCUT2D eigenvalue weighted by atomic mass is 16.2. The van der Waals surface area contributed by atoms with Crippen LogP contribution >= 0.6 is 0 Å². The Labute approximate surface area is 177 Å². The summed E-state index contributed by atoms with van der Waals surface area (Å²) in [5.41, 5.74) is 9.38. The van der Waals surface area contributed by atoms with Gasteiger partial charge in [-0.1, -0.05) is 19.1 Å². The van der Waals surface area contributed by atoms with Crippen molar-refractivity contribution < 1.29 is 9.59 Å². The molecule has 1 aromatic carbocycles. The maximum Gasteiger partial charge on any atom is 0.271 e. The number of aromatic nitrogens is 2. The van der Waals surface area contributed by atoms with Crippen molar-refractivity contribution in [3.63, 3.8) is 0 Å². The normalized spacial score (nSPS) is 14.2. The number of aryl methyl sites for hydroxylation is 1. The molecule has 0 spiro atoms. The summed E-state index contributed by atoms with van der Waals surface area (Å²) in [5, 5.41) is 9.05. The number of nitrogens with zero attached hydrogens (tertiary/aromatic N) is 2. The molecule has 0 radical (unpaired) electrons. The molecule has 1 heterocycles. The molecule has 1 aliphatic carbocycles. The van der Waals surface area contributed by atoms with Gasteiger partial charge in [-0.3, -0.25) is 9.59 Å². The van der Waals surface area contributed by atoms with Crippen molar-refractivity contribution in [3.8, 4) is 0 Å². The van der Waals surface area contributed by atoms with Crippen LogP contribution in [0.1, 0.15) is 60.0 Å². The Kier molecular flexibility index (Phi) is 6.99. The summed E-state index contributed by atoms with van der Waals surface area (Å²) in [4.78, 5) is 33.1. The molecule has 0 saturated heterocycles. The molecule has 0 aliphatic heterocycles. The zero-order valence-electron chi connectivity index (χ0n) is 17.8. The van der Waals surface area contributed by atoms with E-state index in [4.69, 9.17) is 10.7 Å². The number of likely N-dealkylation sites (N-methyl/N-ethyl adjacent to an activating group) is 1. The van der Waals surface area contributed by atoms with Crippen LogP contribution < -0.4 is 21.7 Å². The second kappa shape index (κ2) is 9.67. The first kappa shape index (κ1) is 21.7. The van der Waals surface area contributed by atoms with E-state index in [9.17, 15) is 9.59 Å². The highest BCUT2D eigenvalue weighted by molar-refractivity contribution is 5.96. The van der Waals surface area contributed by atoms with Crippen molar-refractivity contribution in [1.29, 1.82) is 0 Å². The van der Waals surface area contributed by atoms with Crippen LogP contribution in [-0.4, -0.2) is 41.4 Å². The van der Waals surface area contributed by atoms with Crippen molar-refractivity contribution in [3.05, 3.63) is 46.9 Å². The number of benzene rings is 1. The predicted molar refractivity (Wildman–Crippen MR) is 117 cm³/mol. The molecule has 1 atom stereocenters. The number of nitrogens with one attached hydrogen (secondary N) is 3. The van der Waals surface area contributed by atoms with Gasteiger partial charge in [-0.05, 0) is 57.4 Å². The molecule has 3 rings (SSSR count). The van der Waals surface area contributed by atoms with Gasteiger partial charge < -0.3 is 21.7 Å². The minimum Gasteiger partial charge on any atom is -0.364 e. The number of primary amides is 1. The Hall–Kier alpha value is -3.00. The van der Waals surface area contributed by atoms with Gasteiger partial charge in [-0.25, -0.2) is 9.97 Å². The van der Waals surface area contributed by atoms with Crippen LogP contribution in [0.2, 0.25) is 0 Å². The zero-order chi connectivity index (χ0) is 21.7. The summed E-state index contributed by atoms with van der Waals surface area (Å²) in [5.74, 6) is 0.191. The highest BCUT2D eigenvalue weighted by Crippen LogP contribution is 2.41. The molecule has 1 saturated carbocycles. The lowest BCUT2D eigenvalue weighted by atomic mass is 10.1. The van der Waals surface area contributed by atoms with E-state index in [0.29, 0.717) is 31.1 Å². The van der Waals surface area contributed by atoms with Gasteiger partial charge in [0.1, 0.15) is 0 Å². The number of carbonyl (C=O) groups excluding carboxylic acids is 2. The lowest BCUT2D eigenvalue weighted by Crippen LogP contribution is -2.41. The summed E-state index contributed by atoms with van der Waals surface area (Å²) >= 11 is 0. The van der Waals surface area contributed by atoms with Gasteiger partial charge >= 0.3 is 0 Å². The van der Waals surface area contributed by atoms with Gasteiger partial charge in [-0.2, -0.15) is 0 Å². The topological polar surface area (TPSA) is 122 Å². The van der Waals surface area contributed by atoms with Crippen LogP contribution in [0.4, 0.5) is 11.5 Å². The third-order valence-electron chi connectivity index (χ3n) is 5.26. The first-order valence-electron chi connectivity index (χ1n) is 10.4. The third-order valence-corrected chi connectivity index (χ3v) is 5.26. The SMILES string of the molecule is CCc1nc(C(N)=O)c(Nc2cccc(CCNC(=O)[C@H](C)NC)c2)nc1C1CC1. The molecule has 5 N–H and O–H groups in total. The molecule has 1 aliphatic rings. The summed E-state index contributed by atoms with van der Waals surface area (Å²) in [7, 11) is 1.75. The fourth-order valence-electron chi connectivity index (χ4n) is 3.24. The lowest BCUT2D eigenvalue weighted by Gasteiger charge is -2.14. The molecule has 1 aromatic heterocycles. The number of rotatable bonds is 10. The number of carbonyl (C=O) groups is 2. The molecule has 2 aromatic rings. The fraction of sp³-hybridized carbons (Fsp3) is 0.455. The molecule has 0 bridgehead atoms.